The Labute approximate surface area is 132 Å². The lowest BCUT2D eigenvalue weighted by Gasteiger charge is -2.15. The third-order valence-corrected chi connectivity index (χ3v) is 3.70. The summed E-state index contributed by atoms with van der Waals surface area (Å²) in [5, 5.41) is 12.8. The number of hydrogen-bond donors (Lipinski definition) is 2. The molecule has 2 N–H and O–H groups in total. The van der Waals surface area contributed by atoms with Crippen molar-refractivity contribution in [2.45, 2.75) is 5.92 Å². The number of carbonyl (C=O) groups is 1. The van der Waals surface area contributed by atoms with E-state index in [0.717, 1.165) is 5.56 Å². The number of rotatable bonds is 5. The van der Waals surface area contributed by atoms with E-state index >= 15 is 0 Å². The largest absolute Gasteiger partial charge is 0.396 e. The van der Waals surface area contributed by atoms with Gasteiger partial charge in [0, 0.05) is 24.9 Å². The lowest BCUT2D eigenvalue weighted by molar-refractivity contribution is 0.0948. The number of nitrogens with one attached hydrogen (secondary N) is 1. The first-order chi connectivity index (χ1) is 10.1. The van der Waals surface area contributed by atoms with Gasteiger partial charge in [0.2, 0.25) is 0 Å². The third-order valence-electron chi connectivity index (χ3n) is 3.08. The van der Waals surface area contributed by atoms with Crippen molar-refractivity contribution in [2.24, 2.45) is 0 Å². The summed E-state index contributed by atoms with van der Waals surface area (Å²) < 4.78 is 0. The molecule has 1 unspecified atom stereocenters. The van der Waals surface area contributed by atoms with Gasteiger partial charge in [-0.3, -0.25) is 9.78 Å². The average molecular weight is 325 g/mol. The quantitative estimate of drug-likeness (QED) is 0.888. The van der Waals surface area contributed by atoms with Gasteiger partial charge in [-0.05, 0) is 23.8 Å². The molecule has 0 saturated heterocycles. The number of halogens is 2. The molecule has 0 aliphatic heterocycles. The monoisotopic (exact) mass is 324 g/mol. The highest BCUT2D eigenvalue weighted by Gasteiger charge is 2.17. The van der Waals surface area contributed by atoms with Crippen molar-refractivity contribution in [3.8, 4) is 0 Å². The molecule has 110 valence electrons. The summed E-state index contributed by atoms with van der Waals surface area (Å²) in [6.07, 6.45) is 3.32. The summed E-state index contributed by atoms with van der Waals surface area (Å²) in [5.41, 5.74) is 1.09. The molecule has 1 aromatic carbocycles. The highest BCUT2D eigenvalue weighted by Crippen LogP contribution is 2.24. The van der Waals surface area contributed by atoms with Gasteiger partial charge in [-0.25, -0.2) is 0 Å². The zero-order chi connectivity index (χ0) is 15.2. The average Bonchev–Trinajstić information content (AvgIpc) is 2.49. The van der Waals surface area contributed by atoms with Gasteiger partial charge in [-0.2, -0.15) is 0 Å². The van der Waals surface area contributed by atoms with Crippen LogP contribution in [0, 0.1) is 0 Å². The maximum absolute atomic E-state index is 12.2. The van der Waals surface area contributed by atoms with E-state index in [1.165, 1.54) is 0 Å². The molecule has 0 aliphatic carbocycles. The molecule has 1 aromatic heterocycles. The van der Waals surface area contributed by atoms with Crippen molar-refractivity contribution in [1.82, 2.24) is 10.3 Å². The summed E-state index contributed by atoms with van der Waals surface area (Å²) in [6.45, 7) is 0.171. The molecule has 0 spiro atoms. The number of amides is 1. The Kier molecular flexibility index (Phi) is 5.56. The van der Waals surface area contributed by atoms with Crippen molar-refractivity contribution < 1.29 is 9.90 Å². The fraction of sp³-hybridized carbons (Fsp3) is 0.200. The maximum atomic E-state index is 12.2. The van der Waals surface area contributed by atoms with Crippen LogP contribution in [0.5, 0.6) is 0 Å². The fourth-order valence-electron chi connectivity index (χ4n) is 1.92. The number of hydrogen-bond acceptors (Lipinski definition) is 3. The van der Waals surface area contributed by atoms with Gasteiger partial charge in [0.1, 0.15) is 0 Å². The van der Waals surface area contributed by atoms with Crippen LogP contribution in [0.25, 0.3) is 0 Å². The van der Waals surface area contributed by atoms with E-state index in [-0.39, 0.29) is 30.5 Å². The van der Waals surface area contributed by atoms with Crippen LogP contribution in [0.1, 0.15) is 21.8 Å². The molecule has 1 amide bonds. The predicted octanol–water partition coefficient (Wildman–Crippen LogP) is 2.89. The Bertz CT molecular complexity index is 600. The van der Waals surface area contributed by atoms with Gasteiger partial charge in [-0.15, -0.1) is 0 Å². The molecule has 0 aliphatic rings. The standard InChI is InChI=1S/C15H14Cl2N2O2/c16-12-4-1-5-13(17)14(12)15(21)19-8-11(9-20)10-3-2-6-18-7-10/h1-7,11,20H,8-9H2,(H,19,21). The molecule has 4 nitrogen and oxygen atoms in total. The van der Waals surface area contributed by atoms with Gasteiger partial charge in [-0.1, -0.05) is 35.3 Å². The van der Waals surface area contributed by atoms with Crippen molar-refractivity contribution in [3.05, 3.63) is 63.9 Å². The van der Waals surface area contributed by atoms with Gasteiger partial charge >= 0.3 is 0 Å². The number of carbonyl (C=O) groups excluding carboxylic acids is 1. The van der Waals surface area contributed by atoms with Crippen LogP contribution < -0.4 is 5.32 Å². The zero-order valence-corrected chi connectivity index (χ0v) is 12.6. The van der Waals surface area contributed by atoms with Crippen LogP contribution in [0.4, 0.5) is 0 Å². The fourth-order valence-corrected chi connectivity index (χ4v) is 2.49. The minimum Gasteiger partial charge on any atom is -0.396 e. The first kappa shape index (κ1) is 15.8. The Morgan fingerprint density at radius 3 is 2.52 bits per heavy atom. The molecule has 0 bridgehead atoms. The third kappa shape index (κ3) is 3.94. The number of aromatic nitrogens is 1. The highest BCUT2D eigenvalue weighted by molar-refractivity contribution is 6.39. The summed E-state index contributed by atoms with van der Waals surface area (Å²) >= 11 is 12.0. The molecular weight excluding hydrogens is 311 g/mol. The molecule has 6 heteroatoms. The minimum atomic E-state index is -0.368. The van der Waals surface area contributed by atoms with E-state index in [9.17, 15) is 9.90 Å². The molecule has 0 saturated carbocycles. The van der Waals surface area contributed by atoms with Gasteiger partial charge in [0.15, 0.2) is 0 Å². The summed E-state index contributed by atoms with van der Waals surface area (Å²) in [6, 6.07) is 8.51. The zero-order valence-electron chi connectivity index (χ0n) is 11.1. The van der Waals surface area contributed by atoms with E-state index in [4.69, 9.17) is 23.2 Å². The number of aliphatic hydroxyl groups is 1. The van der Waals surface area contributed by atoms with Crippen LogP contribution in [0.15, 0.2) is 42.7 Å². The van der Waals surface area contributed by atoms with E-state index in [1.54, 1.807) is 36.7 Å². The SMILES string of the molecule is O=C(NCC(CO)c1cccnc1)c1c(Cl)cccc1Cl. The lowest BCUT2D eigenvalue weighted by atomic mass is 10.0. The minimum absolute atomic E-state index is 0.0950. The van der Waals surface area contributed by atoms with Crippen LogP contribution in [0.2, 0.25) is 10.0 Å². The molecule has 2 rings (SSSR count). The van der Waals surface area contributed by atoms with Crippen molar-refractivity contribution in [3.63, 3.8) is 0 Å². The van der Waals surface area contributed by atoms with Crippen LogP contribution >= 0.6 is 23.2 Å². The number of pyridine rings is 1. The number of aliphatic hydroxyl groups excluding tert-OH is 1. The second-order valence-corrected chi connectivity index (χ2v) is 5.29. The Hall–Kier alpha value is -1.62. The van der Waals surface area contributed by atoms with Crippen molar-refractivity contribution in [2.75, 3.05) is 13.2 Å². The van der Waals surface area contributed by atoms with Gasteiger partial charge in [0.25, 0.3) is 5.91 Å². The van der Waals surface area contributed by atoms with Crippen LogP contribution in [0.3, 0.4) is 0 Å². The number of benzene rings is 1. The highest BCUT2D eigenvalue weighted by atomic mass is 35.5. The molecule has 21 heavy (non-hydrogen) atoms. The second-order valence-electron chi connectivity index (χ2n) is 4.47. The van der Waals surface area contributed by atoms with Gasteiger partial charge in [0.05, 0.1) is 22.2 Å². The maximum Gasteiger partial charge on any atom is 0.254 e. The van der Waals surface area contributed by atoms with E-state index in [0.29, 0.717) is 10.0 Å². The lowest BCUT2D eigenvalue weighted by Crippen LogP contribution is -2.30. The Balaban J connectivity index is 2.07. The molecule has 0 radical (unpaired) electrons. The van der Waals surface area contributed by atoms with E-state index < -0.39 is 0 Å². The van der Waals surface area contributed by atoms with Crippen LogP contribution in [-0.4, -0.2) is 29.1 Å². The summed E-state index contributed by atoms with van der Waals surface area (Å²) in [7, 11) is 0. The Morgan fingerprint density at radius 1 is 1.24 bits per heavy atom. The summed E-state index contributed by atoms with van der Waals surface area (Å²) in [4.78, 5) is 16.2. The predicted molar refractivity (Wildman–Crippen MR) is 82.9 cm³/mol. The van der Waals surface area contributed by atoms with E-state index in [1.807, 2.05) is 6.07 Å². The molecular formula is C15H14Cl2N2O2. The first-order valence-electron chi connectivity index (χ1n) is 6.36. The van der Waals surface area contributed by atoms with Crippen molar-refractivity contribution in [1.29, 1.82) is 0 Å². The molecule has 1 atom stereocenters. The second kappa shape index (κ2) is 7.41. The van der Waals surface area contributed by atoms with Gasteiger partial charge < -0.3 is 10.4 Å². The Morgan fingerprint density at radius 2 is 1.95 bits per heavy atom. The van der Waals surface area contributed by atoms with Crippen molar-refractivity contribution >= 4 is 29.1 Å². The molecule has 1 heterocycles. The topological polar surface area (TPSA) is 62.2 Å². The molecule has 0 fully saturated rings. The number of nitrogens with zero attached hydrogens (tertiary/aromatic N) is 1. The summed E-state index contributed by atoms with van der Waals surface area (Å²) in [5.74, 6) is -0.600. The van der Waals surface area contributed by atoms with Crippen LogP contribution in [-0.2, 0) is 0 Å². The van der Waals surface area contributed by atoms with E-state index in [2.05, 4.69) is 10.3 Å². The first-order valence-corrected chi connectivity index (χ1v) is 7.12. The smallest absolute Gasteiger partial charge is 0.254 e. The molecule has 2 aromatic rings. The normalized spacial score (nSPS) is 12.0.